The summed E-state index contributed by atoms with van der Waals surface area (Å²) in [5, 5.41) is 8.55. The van der Waals surface area contributed by atoms with Gasteiger partial charge in [0.15, 0.2) is 0 Å². The Hall–Kier alpha value is -1.42. The summed E-state index contributed by atoms with van der Waals surface area (Å²) < 4.78 is 1.19. The number of benzene rings is 1. The van der Waals surface area contributed by atoms with E-state index < -0.39 is 0 Å². The second-order valence-corrected chi connectivity index (χ2v) is 3.12. The van der Waals surface area contributed by atoms with Gasteiger partial charge in [-0.05, 0) is 18.2 Å². The first-order chi connectivity index (χ1) is 6.18. The van der Waals surface area contributed by atoms with Crippen molar-refractivity contribution >= 4 is 22.5 Å². The molecule has 4 nitrogen and oxygen atoms in total. The zero-order valence-electron chi connectivity index (χ0n) is 6.86. The van der Waals surface area contributed by atoms with Gasteiger partial charge in [-0.3, -0.25) is 4.79 Å². The van der Waals surface area contributed by atoms with Gasteiger partial charge in [-0.25, -0.2) is 4.68 Å². The number of nitrogens with zero attached hydrogens (tertiary/aromatic N) is 3. The molecule has 0 aliphatic carbocycles. The van der Waals surface area contributed by atoms with Gasteiger partial charge >= 0.3 is 0 Å². The molecule has 66 valence electrons. The molecule has 2 rings (SSSR count). The molecule has 0 atom stereocenters. The lowest BCUT2D eigenvalue weighted by atomic mass is 10.2. The summed E-state index contributed by atoms with van der Waals surface area (Å²) in [6.07, 6.45) is 0. The molecule has 0 radical (unpaired) electrons. The highest BCUT2D eigenvalue weighted by Crippen LogP contribution is 2.13. The van der Waals surface area contributed by atoms with Crippen LogP contribution in [0.15, 0.2) is 23.0 Å². The smallest absolute Gasteiger partial charge is 0.267 e. The van der Waals surface area contributed by atoms with Gasteiger partial charge < -0.3 is 0 Å². The normalized spacial score (nSPS) is 10.6. The number of hydrogen-bond donors (Lipinski definition) is 0. The average Bonchev–Trinajstić information content (AvgIpc) is 2.12. The molecule has 1 heterocycles. The maximum Gasteiger partial charge on any atom is 0.277 e. The fraction of sp³-hybridized carbons (Fsp3) is 0.125. The van der Waals surface area contributed by atoms with E-state index >= 15 is 0 Å². The molecule has 0 spiro atoms. The molecule has 0 saturated carbocycles. The first-order valence-electron chi connectivity index (χ1n) is 3.68. The van der Waals surface area contributed by atoms with Gasteiger partial charge in [0.05, 0.1) is 5.39 Å². The van der Waals surface area contributed by atoms with Crippen LogP contribution in [-0.2, 0) is 7.05 Å². The molecule has 13 heavy (non-hydrogen) atoms. The highest BCUT2D eigenvalue weighted by atomic mass is 35.5. The third-order valence-electron chi connectivity index (χ3n) is 1.77. The molecular weight excluding hydrogens is 190 g/mol. The number of aryl methyl sites for hydroxylation is 1. The molecule has 0 saturated heterocycles. The Bertz CT molecular complexity index is 520. The Kier molecular flexibility index (Phi) is 1.77. The van der Waals surface area contributed by atoms with Crippen molar-refractivity contribution in [3.05, 3.63) is 33.6 Å². The lowest BCUT2D eigenvalue weighted by Crippen LogP contribution is -2.20. The zero-order chi connectivity index (χ0) is 9.42. The van der Waals surface area contributed by atoms with Gasteiger partial charge in [0, 0.05) is 12.1 Å². The SMILES string of the molecule is Cn1nnc2cc(Cl)ccc2c1=O. The quantitative estimate of drug-likeness (QED) is 0.630. The predicted octanol–water partition coefficient (Wildman–Crippen LogP) is 0.982. The van der Waals surface area contributed by atoms with Crippen LogP contribution in [0.25, 0.3) is 10.9 Å². The lowest BCUT2D eigenvalue weighted by molar-refractivity contribution is 0.656. The highest BCUT2D eigenvalue weighted by molar-refractivity contribution is 6.31. The van der Waals surface area contributed by atoms with E-state index in [1.807, 2.05) is 0 Å². The summed E-state index contributed by atoms with van der Waals surface area (Å²) in [4.78, 5) is 11.5. The van der Waals surface area contributed by atoms with Gasteiger partial charge in [0.1, 0.15) is 5.52 Å². The van der Waals surface area contributed by atoms with Crippen molar-refractivity contribution < 1.29 is 0 Å². The summed E-state index contributed by atoms with van der Waals surface area (Å²) in [5.74, 6) is 0. The van der Waals surface area contributed by atoms with Crippen LogP contribution in [-0.4, -0.2) is 15.0 Å². The van der Waals surface area contributed by atoms with Gasteiger partial charge in [-0.15, -0.1) is 5.10 Å². The number of rotatable bonds is 0. The van der Waals surface area contributed by atoms with Crippen LogP contribution in [0.1, 0.15) is 0 Å². The Morgan fingerprint density at radius 3 is 3.00 bits per heavy atom. The number of aromatic nitrogens is 3. The summed E-state index contributed by atoms with van der Waals surface area (Å²) in [6, 6.07) is 4.92. The van der Waals surface area contributed by atoms with Crippen LogP contribution in [0.5, 0.6) is 0 Å². The summed E-state index contributed by atoms with van der Waals surface area (Å²) >= 11 is 5.73. The van der Waals surface area contributed by atoms with E-state index in [1.54, 1.807) is 25.2 Å². The van der Waals surface area contributed by atoms with Gasteiger partial charge in [0.2, 0.25) is 0 Å². The van der Waals surface area contributed by atoms with Crippen molar-refractivity contribution in [3.8, 4) is 0 Å². The molecule has 0 fully saturated rings. The molecule has 1 aromatic heterocycles. The highest BCUT2D eigenvalue weighted by Gasteiger charge is 2.02. The Morgan fingerprint density at radius 1 is 1.46 bits per heavy atom. The van der Waals surface area contributed by atoms with Gasteiger partial charge in [-0.2, -0.15) is 0 Å². The van der Waals surface area contributed by atoms with Crippen molar-refractivity contribution in [2.75, 3.05) is 0 Å². The van der Waals surface area contributed by atoms with Crippen LogP contribution in [0.4, 0.5) is 0 Å². The topological polar surface area (TPSA) is 47.8 Å². The molecule has 0 bridgehead atoms. The van der Waals surface area contributed by atoms with Crippen LogP contribution < -0.4 is 5.56 Å². The van der Waals surface area contributed by atoms with E-state index in [0.717, 1.165) is 0 Å². The van der Waals surface area contributed by atoms with E-state index in [2.05, 4.69) is 10.3 Å². The van der Waals surface area contributed by atoms with Crippen LogP contribution in [0.3, 0.4) is 0 Å². The average molecular weight is 196 g/mol. The van der Waals surface area contributed by atoms with Crippen LogP contribution in [0, 0.1) is 0 Å². The maximum absolute atomic E-state index is 11.5. The maximum atomic E-state index is 11.5. The molecule has 5 heteroatoms. The van der Waals surface area contributed by atoms with E-state index in [1.165, 1.54) is 4.68 Å². The van der Waals surface area contributed by atoms with Crippen molar-refractivity contribution in [1.82, 2.24) is 15.0 Å². The first kappa shape index (κ1) is 8.19. The number of hydrogen-bond acceptors (Lipinski definition) is 3. The van der Waals surface area contributed by atoms with Crippen LogP contribution >= 0.6 is 11.6 Å². The standard InChI is InChI=1S/C8H6ClN3O/c1-12-8(13)6-3-2-5(9)4-7(6)10-11-12/h2-4H,1H3. The Labute approximate surface area is 78.7 Å². The minimum absolute atomic E-state index is 0.165. The second-order valence-electron chi connectivity index (χ2n) is 2.68. The van der Waals surface area contributed by atoms with Crippen LogP contribution in [0.2, 0.25) is 5.02 Å². The molecule has 1 aromatic carbocycles. The Balaban J connectivity index is 2.95. The third-order valence-corrected chi connectivity index (χ3v) is 2.01. The van der Waals surface area contributed by atoms with Crippen molar-refractivity contribution in [1.29, 1.82) is 0 Å². The van der Waals surface area contributed by atoms with E-state index in [9.17, 15) is 4.79 Å². The number of halogens is 1. The van der Waals surface area contributed by atoms with E-state index in [-0.39, 0.29) is 5.56 Å². The zero-order valence-corrected chi connectivity index (χ0v) is 7.62. The summed E-state index contributed by atoms with van der Waals surface area (Å²) in [6.45, 7) is 0. The number of fused-ring (bicyclic) bond motifs is 1. The van der Waals surface area contributed by atoms with E-state index in [4.69, 9.17) is 11.6 Å². The predicted molar refractivity (Wildman–Crippen MR) is 49.8 cm³/mol. The summed E-state index contributed by atoms with van der Waals surface area (Å²) in [7, 11) is 1.56. The molecule has 0 aliphatic rings. The third kappa shape index (κ3) is 1.29. The lowest BCUT2D eigenvalue weighted by Gasteiger charge is -1.97. The molecule has 0 unspecified atom stereocenters. The fourth-order valence-electron chi connectivity index (χ4n) is 1.10. The molecule has 0 aliphatic heterocycles. The second kappa shape index (κ2) is 2.81. The first-order valence-corrected chi connectivity index (χ1v) is 4.05. The van der Waals surface area contributed by atoms with Crippen molar-refractivity contribution in [3.63, 3.8) is 0 Å². The molecule has 0 amide bonds. The minimum Gasteiger partial charge on any atom is -0.267 e. The van der Waals surface area contributed by atoms with E-state index in [0.29, 0.717) is 15.9 Å². The fourth-order valence-corrected chi connectivity index (χ4v) is 1.26. The molecule has 2 aromatic rings. The van der Waals surface area contributed by atoms with Crippen molar-refractivity contribution in [2.24, 2.45) is 7.05 Å². The Morgan fingerprint density at radius 2 is 2.23 bits per heavy atom. The van der Waals surface area contributed by atoms with Crippen molar-refractivity contribution in [2.45, 2.75) is 0 Å². The molecular formula is C8H6ClN3O. The van der Waals surface area contributed by atoms with Gasteiger partial charge in [0.25, 0.3) is 5.56 Å². The van der Waals surface area contributed by atoms with Gasteiger partial charge in [-0.1, -0.05) is 16.8 Å². The summed E-state index contributed by atoms with van der Waals surface area (Å²) in [5.41, 5.74) is 0.359. The molecule has 0 N–H and O–H groups in total. The largest absolute Gasteiger partial charge is 0.277 e. The minimum atomic E-state index is -0.165. The monoisotopic (exact) mass is 195 g/mol.